The molecule has 48 valence electrons. The molecule has 0 spiro atoms. The van der Waals surface area contributed by atoms with Crippen LogP contribution in [0.15, 0.2) is 24.3 Å². The van der Waals surface area contributed by atoms with Crippen LogP contribution in [-0.4, -0.2) is 0 Å². The van der Waals surface area contributed by atoms with Crippen molar-refractivity contribution in [2.24, 2.45) is 0 Å². The van der Waals surface area contributed by atoms with Gasteiger partial charge in [-0.25, -0.2) is 0 Å². The van der Waals surface area contributed by atoms with E-state index in [1.165, 1.54) is 30.7 Å². The summed E-state index contributed by atoms with van der Waals surface area (Å²) >= 11 is 1.32. The van der Waals surface area contributed by atoms with E-state index in [1.807, 2.05) is 31.2 Å². The van der Waals surface area contributed by atoms with E-state index in [9.17, 15) is 0 Å². The van der Waals surface area contributed by atoms with Crippen molar-refractivity contribution in [1.29, 1.82) is 0 Å². The van der Waals surface area contributed by atoms with Crippen LogP contribution in [0, 0.1) is 32.1 Å². The molecule has 0 amide bonds. The fourth-order valence-corrected chi connectivity index (χ4v) is 1.32. The molecule has 0 N–H and O–H groups in total. The first-order valence-electron chi connectivity index (χ1n) is 2.69. The Hall–Kier alpha value is -0.0969. The molecule has 9 heavy (non-hydrogen) atoms. The SMILES string of the molecule is Cc1ccccc1O[At]. The molecule has 2 heteroatoms. The number of aryl methyl sites for hydroxylation is 1. The molecule has 1 nitrogen and oxygen atoms in total. The molecule has 0 saturated heterocycles. The van der Waals surface area contributed by atoms with Gasteiger partial charge in [0.15, 0.2) is 0 Å². The number of hydrogen-bond acceptors (Lipinski definition) is 1. The number of hydrogen-bond donors (Lipinski definition) is 0. The molecule has 0 aliphatic rings. The zero-order valence-electron chi connectivity index (χ0n) is 5.10. The van der Waals surface area contributed by atoms with Crippen LogP contribution in [0.3, 0.4) is 0 Å². The van der Waals surface area contributed by atoms with E-state index in [-0.39, 0.29) is 0 Å². The Labute approximate surface area is 70.5 Å². The van der Waals surface area contributed by atoms with E-state index in [0.717, 1.165) is 5.75 Å². The van der Waals surface area contributed by atoms with Gasteiger partial charge in [0, 0.05) is 0 Å². The third kappa shape index (κ3) is 1.65. The molecular weight excluding hydrogens is 310 g/mol. The molecule has 0 bridgehead atoms. The van der Waals surface area contributed by atoms with E-state index in [2.05, 4.69) is 0 Å². The summed E-state index contributed by atoms with van der Waals surface area (Å²) in [4.78, 5) is 0. The standard InChI is InChI=1S/C7H7AtO/c1-6-4-2-3-5-7(6)9-8/h2-5H,1H3. The molecule has 1 aromatic carbocycles. The first-order chi connectivity index (χ1) is 4.34. The minimum absolute atomic E-state index is 0.981. The predicted molar refractivity (Wildman–Crippen MR) is 31.8 cm³/mol. The van der Waals surface area contributed by atoms with Gasteiger partial charge in [-0.05, 0) is 0 Å². The van der Waals surface area contributed by atoms with E-state index < -0.39 is 0 Å². The van der Waals surface area contributed by atoms with Gasteiger partial charge < -0.3 is 0 Å². The summed E-state index contributed by atoms with van der Waals surface area (Å²) in [6.07, 6.45) is 0. The van der Waals surface area contributed by atoms with Crippen LogP contribution in [0.4, 0.5) is 0 Å². The summed E-state index contributed by atoms with van der Waals surface area (Å²) in [5, 5.41) is 0. The van der Waals surface area contributed by atoms with Gasteiger partial charge in [0.25, 0.3) is 0 Å². The summed E-state index contributed by atoms with van der Waals surface area (Å²) < 4.78 is 5.10. The average Bonchev–Trinajstić information content (AvgIpc) is 1.89. The third-order valence-corrected chi connectivity index (χ3v) is 1.82. The van der Waals surface area contributed by atoms with E-state index >= 15 is 0 Å². The predicted octanol–water partition coefficient (Wildman–Crippen LogP) is 1.84. The van der Waals surface area contributed by atoms with Crippen LogP contribution in [0.2, 0.25) is 0 Å². The summed E-state index contributed by atoms with van der Waals surface area (Å²) in [7, 11) is 0. The van der Waals surface area contributed by atoms with Crippen molar-refractivity contribution < 1.29 is 28.0 Å². The van der Waals surface area contributed by atoms with Gasteiger partial charge in [-0.3, -0.25) is 0 Å². The summed E-state index contributed by atoms with van der Waals surface area (Å²) in [6, 6.07) is 7.98. The number of benzene rings is 1. The molecule has 0 aliphatic heterocycles. The van der Waals surface area contributed by atoms with Gasteiger partial charge in [0.2, 0.25) is 0 Å². The van der Waals surface area contributed by atoms with Crippen LogP contribution in [0.5, 0.6) is 5.75 Å². The molecule has 0 radical (unpaired) electrons. The van der Waals surface area contributed by atoms with Gasteiger partial charge in [-0.2, -0.15) is 0 Å². The maximum absolute atomic E-state index is 5.10. The topological polar surface area (TPSA) is 9.23 Å². The van der Waals surface area contributed by atoms with Crippen molar-refractivity contribution in [2.75, 3.05) is 0 Å². The van der Waals surface area contributed by atoms with Crippen LogP contribution in [-0.2, 0) is 0 Å². The van der Waals surface area contributed by atoms with E-state index in [4.69, 9.17) is 2.81 Å². The molecule has 0 fully saturated rings. The van der Waals surface area contributed by atoms with Gasteiger partial charge in [-0.15, -0.1) is 0 Å². The van der Waals surface area contributed by atoms with E-state index in [1.54, 1.807) is 0 Å². The first kappa shape index (κ1) is 7.02. The van der Waals surface area contributed by atoms with Crippen LogP contribution in [0.25, 0.3) is 0 Å². The quantitative estimate of drug-likeness (QED) is 0.768. The van der Waals surface area contributed by atoms with Crippen LogP contribution >= 0.6 is 0 Å². The second kappa shape index (κ2) is 3.17. The van der Waals surface area contributed by atoms with Crippen molar-refractivity contribution in [3.63, 3.8) is 0 Å². The Bertz CT molecular complexity index is 198. The van der Waals surface area contributed by atoms with Crippen LogP contribution in [0.1, 0.15) is 5.56 Å². The van der Waals surface area contributed by atoms with Crippen molar-refractivity contribution in [2.45, 2.75) is 6.92 Å². The van der Waals surface area contributed by atoms with E-state index in [0.29, 0.717) is 0 Å². The van der Waals surface area contributed by atoms with Crippen molar-refractivity contribution in [3.05, 3.63) is 29.8 Å². The molecule has 0 heterocycles. The van der Waals surface area contributed by atoms with Crippen LogP contribution < -0.4 is 2.81 Å². The second-order valence-corrected chi connectivity index (χ2v) is 2.44. The van der Waals surface area contributed by atoms with Crippen molar-refractivity contribution in [1.82, 2.24) is 0 Å². The Morgan fingerprint density at radius 3 is 2.44 bits per heavy atom. The van der Waals surface area contributed by atoms with Gasteiger partial charge in [0.05, 0.1) is 0 Å². The first-order valence-corrected chi connectivity index (χ1v) is 3.89. The van der Waals surface area contributed by atoms with Gasteiger partial charge in [0.1, 0.15) is 0 Å². The second-order valence-electron chi connectivity index (χ2n) is 1.84. The van der Waals surface area contributed by atoms with Gasteiger partial charge >= 0.3 is 70.5 Å². The molecule has 0 atom stereocenters. The molecule has 1 rings (SSSR count). The summed E-state index contributed by atoms with van der Waals surface area (Å²) in [6.45, 7) is 2.04. The maximum atomic E-state index is 5.10. The monoisotopic (exact) mass is 317 g/mol. The number of rotatable bonds is 1. The molecule has 0 aliphatic carbocycles. The normalized spacial score (nSPS) is 9.11. The average molecular weight is 317 g/mol. The molecule has 0 saturated carbocycles. The summed E-state index contributed by atoms with van der Waals surface area (Å²) in [5.74, 6) is 0.981. The Kier molecular flexibility index (Phi) is 2.47. The Morgan fingerprint density at radius 2 is 2.00 bits per heavy atom. The van der Waals surface area contributed by atoms with Crippen molar-refractivity contribution in [3.8, 4) is 5.75 Å². The van der Waals surface area contributed by atoms with Gasteiger partial charge in [-0.1, -0.05) is 0 Å². The number of para-hydroxylation sites is 1. The summed E-state index contributed by atoms with van der Waals surface area (Å²) in [5.41, 5.74) is 1.19. The fourth-order valence-electron chi connectivity index (χ4n) is 0.643. The molecular formula is C7H7AtO. The minimum atomic E-state index is 0.981. The zero-order valence-corrected chi connectivity index (χ0v) is 8.03. The third-order valence-electron chi connectivity index (χ3n) is 1.18. The Balaban J connectivity index is 3.01. The van der Waals surface area contributed by atoms with Crippen molar-refractivity contribution >= 4 is 0 Å². The Morgan fingerprint density at radius 1 is 1.33 bits per heavy atom. The fraction of sp³-hybridized carbons (Fsp3) is 0.143. The molecule has 0 unspecified atom stereocenters. The molecule has 0 aromatic heterocycles. The molecule has 1 aromatic rings. The zero-order chi connectivity index (χ0) is 6.69.